The van der Waals surface area contributed by atoms with Gasteiger partial charge in [0, 0.05) is 0 Å². The molecule has 0 saturated carbocycles. The number of furan rings is 2. The molecule has 4 heterocycles. The molecule has 0 aliphatic rings. The first kappa shape index (κ1) is 12.4. The van der Waals surface area contributed by atoms with Gasteiger partial charge in [-0.3, -0.25) is 0 Å². The number of hydrogen-bond donors (Lipinski definition) is 2. The number of fused-ring (bicyclic) bond motifs is 1. The molecule has 3 N–H and O–H groups in total. The number of anilines is 2. The Morgan fingerprint density at radius 3 is 2.73 bits per heavy atom. The van der Waals surface area contributed by atoms with Crippen LogP contribution < -0.4 is 11.1 Å². The Hall–Kier alpha value is -3.36. The molecule has 0 amide bonds. The van der Waals surface area contributed by atoms with E-state index in [1.807, 2.05) is 12.1 Å². The van der Waals surface area contributed by atoms with Crippen LogP contribution in [0.4, 0.5) is 11.9 Å². The minimum absolute atomic E-state index is 0.178. The second-order valence-corrected chi connectivity index (χ2v) is 4.46. The fraction of sp³-hybridized carbons (Fsp3) is 0.0769. The van der Waals surface area contributed by atoms with Crippen molar-refractivity contribution in [2.45, 2.75) is 6.54 Å². The highest BCUT2D eigenvalue weighted by molar-refractivity contribution is 5.52. The predicted molar refractivity (Wildman–Crippen MR) is 76.7 cm³/mol. The van der Waals surface area contributed by atoms with Gasteiger partial charge in [0.05, 0.1) is 19.1 Å². The van der Waals surface area contributed by atoms with E-state index in [2.05, 4.69) is 25.4 Å². The molecule has 0 fully saturated rings. The van der Waals surface area contributed by atoms with Crippen molar-refractivity contribution < 1.29 is 8.83 Å². The summed E-state index contributed by atoms with van der Waals surface area (Å²) in [4.78, 5) is 12.7. The normalized spacial score (nSPS) is 11.1. The van der Waals surface area contributed by atoms with Crippen LogP contribution in [0.15, 0.2) is 45.6 Å². The summed E-state index contributed by atoms with van der Waals surface area (Å²) in [7, 11) is 0. The molecule has 0 bridgehead atoms. The maximum absolute atomic E-state index is 5.89. The Balaban J connectivity index is 1.66. The number of nitrogens with zero attached hydrogens (tertiary/aromatic N) is 5. The van der Waals surface area contributed by atoms with Gasteiger partial charge < -0.3 is 19.9 Å². The zero-order valence-corrected chi connectivity index (χ0v) is 11.3. The summed E-state index contributed by atoms with van der Waals surface area (Å²) < 4.78 is 11.8. The van der Waals surface area contributed by atoms with E-state index in [1.165, 1.54) is 4.52 Å². The van der Waals surface area contributed by atoms with Gasteiger partial charge in [-0.05, 0) is 24.3 Å². The molecule has 0 saturated heterocycles. The maximum atomic E-state index is 5.89. The van der Waals surface area contributed by atoms with Crippen molar-refractivity contribution in [1.29, 1.82) is 0 Å². The lowest BCUT2D eigenvalue weighted by atomic mass is 10.4. The molecular weight excluding hydrogens is 286 g/mol. The summed E-state index contributed by atoms with van der Waals surface area (Å²) in [5.74, 6) is 2.56. The Morgan fingerprint density at radius 2 is 1.95 bits per heavy atom. The summed E-state index contributed by atoms with van der Waals surface area (Å²) in [5.41, 5.74) is 5.89. The first-order valence-electron chi connectivity index (χ1n) is 6.50. The van der Waals surface area contributed by atoms with E-state index in [0.29, 0.717) is 29.9 Å². The van der Waals surface area contributed by atoms with Crippen molar-refractivity contribution in [2.24, 2.45) is 0 Å². The average Bonchev–Trinajstić information content (AvgIpc) is 3.25. The molecule has 9 heteroatoms. The maximum Gasteiger partial charge on any atom is 0.259 e. The van der Waals surface area contributed by atoms with E-state index < -0.39 is 0 Å². The highest BCUT2D eigenvalue weighted by atomic mass is 16.3. The molecule has 0 radical (unpaired) electrons. The minimum atomic E-state index is 0.178. The number of nitrogen functional groups attached to an aromatic ring is 1. The monoisotopic (exact) mass is 297 g/mol. The Bertz CT molecular complexity index is 896. The van der Waals surface area contributed by atoms with Crippen LogP contribution in [0.1, 0.15) is 5.76 Å². The predicted octanol–water partition coefficient (Wildman–Crippen LogP) is 1.57. The number of nitrogens with two attached hydrogens (primary N) is 1. The minimum Gasteiger partial charge on any atom is -0.467 e. The highest BCUT2D eigenvalue weighted by Crippen LogP contribution is 2.17. The summed E-state index contributed by atoms with van der Waals surface area (Å²) in [6.07, 6.45) is 3.15. The molecule has 22 heavy (non-hydrogen) atoms. The lowest BCUT2D eigenvalue weighted by molar-refractivity contribution is 0.517. The summed E-state index contributed by atoms with van der Waals surface area (Å²) in [5, 5.41) is 7.24. The largest absolute Gasteiger partial charge is 0.467 e. The molecule has 0 aliphatic heterocycles. The van der Waals surface area contributed by atoms with Crippen molar-refractivity contribution in [3.63, 3.8) is 0 Å². The van der Waals surface area contributed by atoms with Crippen LogP contribution in [0, 0.1) is 0 Å². The molecule has 4 aromatic rings. The van der Waals surface area contributed by atoms with Crippen molar-refractivity contribution in [2.75, 3.05) is 11.1 Å². The van der Waals surface area contributed by atoms with E-state index in [1.54, 1.807) is 24.7 Å². The van der Waals surface area contributed by atoms with Gasteiger partial charge in [-0.1, -0.05) is 0 Å². The topological polar surface area (TPSA) is 120 Å². The lowest BCUT2D eigenvalue weighted by Gasteiger charge is -2.03. The Labute approximate surface area is 123 Å². The summed E-state index contributed by atoms with van der Waals surface area (Å²) in [6.45, 7) is 0.446. The number of nitrogens with one attached hydrogen (secondary N) is 1. The van der Waals surface area contributed by atoms with Crippen LogP contribution in [0.3, 0.4) is 0 Å². The molecule has 4 aromatic heterocycles. The van der Waals surface area contributed by atoms with Crippen LogP contribution in [-0.2, 0) is 6.54 Å². The van der Waals surface area contributed by atoms with Crippen LogP contribution >= 0.6 is 0 Å². The standard InChI is InChI=1S/C13H11N7O2/c14-11-17-12(15-7-8-3-1-5-21-8)18-13-16-10(19-20(11)13)9-4-2-6-22-9/h1-6H,7H2,(H3,14,15,16,17,18,19). The van der Waals surface area contributed by atoms with E-state index >= 15 is 0 Å². The van der Waals surface area contributed by atoms with E-state index in [0.717, 1.165) is 5.76 Å². The van der Waals surface area contributed by atoms with Gasteiger partial charge in [-0.15, -0.1) is 5.10 Å². The third kappa shape index (κ3) is 2.14. The summed E-state index contributed by atoms with van der Waals surface area (Å²) >= 11 is 0. The lowest BCUT2D eigenvalue weighted by Crippen LogP contribution is -2.09. The molecule has 0 unspecified atom stereocenters. The highest BCUT2D eigenvalue weighted by Gasteiger charge is 2.13. The Morgan fingerprint density at radius 1 is 1.09 bits per heavy atom. The zero-order chi connectivity index (χ0) is 14.9. The second kappa shape index (κ2) is 4.88. The van der Waals surface area contributed by atoms with Crippen molar-refractivity contribution in [1.82, 2.24) is 24.6 Å². The third-order valence-corrected chi connectivity index (χ3v) is 2.98. The molecule has 0 spiro atoms. The SMILES string of the molecule is Nc1nc(NCc2ccco2)nc2nc(-c3ccco3)nn12. The van der Waals surface area contributed by atoms with E-state index in [9.17, 15) is 0 Å². The van der Waals surface area contributed by atoms with Gasteiger partial charge in [0.25, 0.3) is 5.78 Å². The molecule has 0 atom stereocenters. The van der Waals surface area contributed by atoms with Gasteiger partial charge in [0.15, 0.2) is 5.76 Å². The average molecular weight is 297 g/mol. The Kier molecular flexibility index (Phi) is 2.75. The smallest absolute Gasteiger partial charge is 0.259 e. The summed E-state index contributed by atoms with van der Waals surface area (Å²) in [6, 6.07) is 7.17. The number of hydrogen-bond acceptors (Lipinski definition) is 8. The number of aromatic nitrogens is 5. The van der Waals surface area contributed by atoms with Crippen LogP contribution in [0.25, 0.3) is 17.4 Å². The van der Waals surface area contributed by atoms with Crippen molar-refractivity contribution in [3.8, 4) is 11.6 Å². The van der Waals surface area contributed by atoms with E-state index in [-0.39, 0.29) is 5.95 Å². The van der Waals surface area contributed by atoms with Gasteiger partial charge in [0.1, 0.15) is 5.76 Å². The molecule has 110 valence electrons. The van der Waals surface area contributed by atoms with Crippen LogP contribution in [0.2, 0.25) is 0 Å². The van der Waals surface area contributed by atoms with Crippen molar-refractivity contribution in [3.05, 3.63) is 42.6 Å². The van der Waals surface area contributed by atoms with Gasteiger partial charge in [-0.2, -0.15) is 19.5 Å². The van der Waals surface area contributed by atoms with Crippen molar-refractivity contribution >= 4 is 17.7 Å². The third-order valence-electron chi connectivity index (χ3n) is 2.98. The molecule has 4 rings (SSSR count). The van der Waals surface area contributed by atoms with E-state index in [4.69, 9.17) is 14.6 Å². The van der Waals surface area contributed by atoms with Crippen LogP contribution in [-0.4, -0.2) is 24.6 Å². The quantitative estimate of drug-likeness (QED) is 0.582. The van der Waals surface area contributed by atoms with Gasteiger partial charge >= 0.3 is 0 Å². The fourth-order valence-corrected chi connectivity index (χ4v) is 1.97. The first-order valence-corrected chi connectivity index (χ1v) is 6.50. The number of rotatable bonds is 4. The molecule has 9 nitrogen and oxygen atoms in total. The molecular formula is C13H11N7O2. The fourth-order valence-electron chi connectivity index (χ4n) is 1.97. The van der Waals surface area contributed by atoms with Gasteiger partial charge in [-0.25, -0.2) is 0 Å². The van der Waals surface area contributed by atoms with Crippen LogP contribution in [0.5, 0.6) is 0 Å². The molecule has 0 aliphatic carbocycles. The van der Waals surface area contributed by atoms with Gasteiger partial charge in [0.2, 0.25) is 17.7 Å². The molecule has 0 aromatic carbocycles. The first-order chi connectivity index (χ1) is 10.8. The zero-order valence-electron chi connectivity index (χ0n) is 11.3. The second-order valence-electron chi connectivity index (χ2n) is 4.46.